The number of alkyl halides is 1. The number of rotatable bonds is 5. The maximum Gasteiger partial charge on any atom is 0.255 e. The van der Waals surface area contributed by atoms with Gasteiger partial charge < -0.3 is 26.2 Å². The molecule has 1 amide bonds. The number of primary amides is 1. The molecule has 208 valence electrons. The second-order valence-electron chi connectivity index (χ2n) is 11.3. The molecule has 1 unspecified atom stereocenters. The molecule has 0 bridgehead atoms. The number of ketones is 2. The van der Waals surface area contributed by atoms with Gasteiger partial charge in [0.05, 0.1) is 17.0 Å². The second kappa shape index (κ2) is 9.80. The van der Waals surface area contributed by atoms with E-state index in [1.54, 1.807) is 20.2 Å². The van der Waals surface area contributed by atoms with E-state index in [0.717, 1.165) is 36.8 Å². The molecule has 4 aliphatic rings. The first-order valence-corrected chi connectivity index (χ1v) is 13.6. The number of phenolic OH excluding ortho intramolecular Hbond substituents is 1. The average molecular weight is 557 g/mol. The second-order valence-corrected chi connectivity index (χ2v) is 11.8. The molecule has 5 atom stereocenters. The van der Waals surface area contributed by atoms with Gasteiger partial charge >= 0.3 is 0 Å². The molecular weight excluding hydrogens is 524 g/mol. The molecule has 9 nitrogen and oxygen atoms in total. The van der Waals surface area contributed by atoms with Crippen molar-refractivity contribution in [3.63, 3.8) is 0 Å². The number of aromatic hydroxyl groups is 1. The highest BCUT2D eigenvalue weighted by molar-refractivity contribution is 6.25. The maximum absolute atomic E-state index is 13.8. The van der Waals surface area contributed by atoms with Gasteiger partial charge in [-0.15, -0.1) is 11.6 Å². The number of hydrogen-bond acceptors (Lipinski definition) is 8. The summed E-state index contributed by atoms with van der Waals surface area (Å²) in [6.07, 6.45) is 7.03. The quantitative estimate of drug-likeness (QED) is 0.210. The summed E-state index contributed by atoms with van der Waals surface area (Å²) in [4.78, 5) is 40.8. The van der Waals surface area contributed by atoms with Gasteiger partial charge in [0.1, 0.15) is 22.8 Å². The number of carbonyl (C=O) groups excluding carboxylic acids is 3. The number of carbonyl (C=O) groups is 3. The van der Waals surface area contributed by atoms with Crippen molar-refractivity contribution in [1.82, 2.24) is 4.90 Å². The first-order valence-electron chi connectivity index (χ1n) is 13.2. The number of aliphatic hydroxyl groups excluding tert-OH is 2. The lowest BCUT2D eigenvalue weighted by Gasteiger charge is -2.50. The molecule has 0 aromatic heterocycles. The zero-order valence-corrected chi connectivity index (χ0v) is 22.7. The summed E-state index contributed by atoms with van der Waals surface area (Å²) in [7, 11) is 3.20. The van der Waals surface area contributed by atoms with Crippen LogP contribution < -0.4 is 5.73 Å². The highest BCUT2D eigenvalue weighted by atomic mass is 35.5. The lowest BCUT2D eigenvalue weighted by Crippen LogP contribution is -2.63. The number of amides is 1. The van der Waals surface area contributed by atoms with E-state index in [2.05, 4.69) is 6.08 Å². The number of benzene rings is 1. The molecule has 0 fully saturated rings. The molecule has 5 rings (SSSR count). The Morgan fingerprint density at radius 2 is 1.92 bits per heavy atom. The summed E-state index contributed by atoms with van der Waals surface area (Å²) in [5.41, 5.74) is 4.34. The lowest BCUT2D eigenvalue weighted by molar-refractivity contribution is -0.148. The van der Waals surface area contributed by atoms with Crippen molar-refractivity contribution in [2.24, 2.45) is 17.6 Å². The Morgan fingerprint density at radius 3 is 2.54 bits per heavy atom. The van der Waals surface area contributed by atoms with E-state index < -0.39 is 58.0 Å². The molecule has 1 aromatic rings. The number of halogens is 1. The van der Waals surface area contributed by atoms with Gasteiger partial charge in [0.15, 0.2) is 11.4 Å². The summed E-state index contributed by atoms with van der Waals surface area (Å²) in [5.74, 6) is -6.58. The van der Waals surface area contributed by atoms with Gasteiger partial charge in [-0.2, -0.15) is 0 Å². The number of nitrogens with zero attached hydrogens (tertiary/aromatic N) is 1. The van der Waals surface area contributed by atoms with Crippen LogP contribution in [0.15, 0.2) is 46.4 Å². The molecule has 39 heavy (non-hydrogen) atoms. The zero-order valence-electron chi connectivity index (χ0n) is 21.9. The minimum absolute atomic E-state index is 0.00905. The number of likely N-dealkylation sites (N-methyl/N-ethyl adjacent to an activating group) is 1. The molecule has 0 aliphatic heterocycles. The summed E-state index contributed by atoms with van der Waals surface area (Å²) >= 11 is 6.80. The maximum atomic E-state index is 13.8. The van der Waals surface area contributed by atoms with Crippen LogP contribution in [-0.2, 0) is 22.4 Å². The number of phenols is 1. The highest BCUT2D eigenvalue weighted by Gasteiger charge is 2.63. The molecule has 1 aromatic carbocycles. The molecule has 6 N–H and O–H groups in total. The van der Waals surface area contributed by atoms with E-state index in [0.29, 0.717) is 12.0 Å². The van der Waals surface area contributed by atoms with Crippen molar-refractivity contribution in [1.29, 1.82) is 0 Å². The highest BCUT2D eigenvalue weighted by Crippen LogP contribution is 2.52. The topological polar surface area (TPSA) is 161 Å². The number of hydrogen-bond donors (Lipinski definition) is 5. The van der Waals surface area contributed by atoms with Crippen LogP contribution in [0.2, 0.25) is 0 Å². The van der Waals surface area contributed by atoms with Gasteiger partial charge in [0, 0.05) is 11.5 Å². The van der Waals surface area contributed by atoms with Gasteiger partial charge in [-0.05, 0) is 82.2 Å². The monoisotopic (exact) mass is 556 g/mol. The van der Waals surface area contributed by atoms with Gasteiger partial charge in [-0.3, -0.25) is 19.3 Å². The van der Waals surface area contributed by atoms with E-state index in [1.807, 2.05) is 0 Å². The number of fused-ring (bicyclic) bond motifs is 3. The van der Waals surface area contributed by atoms with E-state index >= 15 is 0 Å². The third kappa shape index (κ3) is 4.10. The van der Waals surface area contributed by atoms with Crippen LogP contribution in [0.4, 0.5) is 0 Å². The standard InChI is InChI=1S/C29H33ClN2O7/c1-32(2)23-17-11-15-10-16-14(12-18(30)13-6-4-3-5-7-13)8-9-19(33)21(16)24(34)20(15)26(36)29(17,39)27(37)22(25(23)35)28(31)38/h6,8-9,15,17-18,23,33,35-36,39H,3-5,7,10-12H2,1-2H3,(H2,31,38)/t15-,17-,18?,23-,29-/m0/s1. The van der Waals surface area contributed by atoms with Gasteiger partial charge in [0.25, 0.3) is 5.91 Å². The summed E-state index contributed by atoms with van der Waals surface area (Å²) in [5, 5.41) is 44.4. The van der Waals surface area contributed by atoms with Crippen molar-refractivity contribution in [3.05, 3.63) is 63.1 Å². The minimum atomic E-state index is -2.65. The average Bonchev–Trinajstić information content (AvgIpc) is 2.88. The van der Waals surface area contributed by atoms with Crippen LogP contribution in [0.3, 0.4) is 0 Å². The molecule has 0 radical (unpaired) electrons. The van der Waals surface area contributed by atoms with Crippen molar-refractivity contribution < 1.29 is 34.8 Å². The van der Waals surface area contributed by atoms with E-state index in [-0.39, 0.29) is 35.1 Å². The van der Waals surface area contributed by atoms with Gasteiger partial charge in [-0.25, -0.2) is 0 Å². The number of Topliss-reactive ketones (excluding diaryl/α,β-unsaturated/α-hetero) is 2. The van der Waals surface area contributed by atoms with Crippen LogP contribution in [0.5, 0.6) is 5.75 Å². The predicted molar refractivity (Wildman–Crippen MR) is 144 cm³/mol. The van der Waals surface area contributed by atoms with Crippen LogP contribution in [0.25, 0.3) is 0 Å². The number of nitrogens with two attached hydrogens (primary N) is 1. The smallest absolute Gasteiger partial charge is 0.255 e. The molecular formula is C29H33ClN2O7. The predicted octanol–water partition coefficient (Wildman–Crippen LogP) is 2.77. The Labute approximate surface area is 231 Å². The largest absolute Gasteiger partial charge is 0.510 e. The van der Waals surface area contributed by atoms with Crippen LogP contribution >= 0.6 is 11.6 Å². The molecule has 0 heterocycles. The fourth-order valence-corrected chi connectivity index (χ4v) is 7.34. The van der Waals surface area contributed by atoms with E-state index in [9.17, 15) is 34.8 Å². The van der Waals surface area contributed by atoms with Gasteiger partial charge in [0.2, 0.25) is 5.78 Å². The number of allylic oxidation sites excluding steroid dienone is 3. The summed E-state index contributed by atoms with van der Waals surface area (Å²) in [6, 6.07) is 2.15. The van der Waals surface area contributed by atoms with E-state index in [4.69, 9.17) is 17.3 Å². The Hall–Kier alpha value is -3.14. The molecule has 4 aliphatic carbocycles. The SMILES string of the molecule is CN(C)[C@@H]1C(O)=C(C(N)=O)C(=O)[C@@]2(O)C(O)=C3C(=O)c4c(O)ccc(CC(Cl)C5=CCCCC5)c4C[C@H]3C[C@@H]12. The Balaban J connectivity index is 1.62. The van der Waals surface area contributed by atoms with Crippen molar-refractivity contribution in [2.45, 2.75) is 62.0 Å². The Morgan fingerprint density at radius 1 is 1.21 bits per heavy atom. The summed E-state index contributed by atoms with van der Waals surface area (Å²) < 4.78 is 0. The molecule has 10 heteroatoms. The Bertz CT molecular complexity index is 1380. The molecule has 0 spiro atoms. The van der Waals surface area contributed by atoms with Crippen LogP contribution in [-0.4, -0.2) is 73.9 Å². The fourth-order valence-electron chi connectivity index (χ4n) is 6.98. The van der Waals surface area contributed by atoms with Crippen LogP contribution in [0, 0.1) is 11.8 Å². The third-order valence-corrected chi connectivity index (χ3v) is 9.27. The van der Waals surface area contributed by atoms with E-state index in [1.165, 1.54) is 11.0 Å². The third-order valence-electron chi connectivity index (χ3n) is 8.83. The Kier molecular flexibility index (Phi) is 6.89. The van der Waals surface area contributed by atoms with Crippen molar-refractivity contribution >= 4 is 29.1 Å². The minimum Gasteiger partial charge on any atom is -0.510 e. The first-order chi connectivity index (χ1) is 18.4. The summed E-state index contributed by atoms with van der Waals surface area (Å²) in [6.45, 7) is 0. The molecule has 0 saturated heterocycles. The normalized spacial score (nSPS) is 29.6. The molecule has 0 saturated carbocycles. The first kappa shape index (κ1) is 27.4. The van der Waals surface area contributed by atoms with Crippen LogP contribution in [0.1, 0.15) is 53.6 Å². The van der Waals surface area contributed by atoms with Crippen molar-refractivity contribution in [3.8, 4) is 5.75 Å². The number of aliphatic hydroxyl groups is 3. The zero-order chi connectivity index (χ0) is 28.4. The van der Waals surface area contributed by atoms with Crippen molar-refractivity contribution in [2.75, 3.05) is 14.1 Å². The lowest BCUT2D eigenvalue weighted by atomic mass is 9.58. The fraction of sp³-hybridized carbons (Fsp3) is 0.483. The van der Waals surface area contributed by atoms with Gasteiger partial charge in [-0.1, -0.05) is 17.7 Å².